The highest BCUT2D eigenvalue weighted by Crippen LogP contribution is 2.38. The lowest BCUT2D eigenvalue weighted by molar-refractivity contribution is -0.122. The number of rotatable bonds is 5. The molecule has 2 aromatic rings. The molecule has 1 fully saturated rings. The predicted molar refractivity (Wildman–Crippen MR) is 110 cm³/mol. The predicted octanol–water partition coefficient (Wildman–Crippen LogP) is 2.25. The van der Waals surface area contributed by atoms with Gasteiger partial charge in [0.25, 0.3) is 11.8 Å². The molecular formula is C20H18N2O6S. The average molecular weight is 414 g/mol. The molecule has 0 saturated carbocycles. The molecule has 0 unspecified atom stereocenters. The highest BCUT2D eigenvalue weighted by Gasteiger charge is 2.35. The zero-order chi connectivity index (χ0) is 21.1. The van der Waals surface area contributed by atoms with E-state index in [4.69, 9.17) is 26.4 Å². The van der Waals surface area contributed by atoms with Crippen molar-refractivity contribution in [2.75, 3.05) is 26.2 Å². The Hall–Kier alpha value is -3.59. The van der Waals surface area contributed by atoms with E-state index < -0.39 is 11.8 Å². The lowest BCUT2D eigenvalue weighted by Gasteiger charge is -2.29. The van der Waals surface area contributed by atoms with Gasteiger partial charge in [-0.15, -0.1) is 0 Å². The monoisotopic (exact) mass is 414 g/mol. The van der Waals surface area contributed by atoms with E-state index in [1.807, 2.05) is 0 Å². The Balaban J connectivity index is 2.09. The highest BCUT2D eigenvalue weighted by atomic mass is 32.1. The summed E-state index contributed by atoms with van der Waals surface area (Å²) in [7, 11) is 4.23. The first-order valence-electron chi connectivity index (χ1n) is 8.40. The van der Waals surface area contributed by atoms with Crippen molar-refractivity contribution in [1.82, 2.24) is 5.32 Å². The molecule has 0 spiro atoms. The lowest BCUT2D eigenvalue weighted by atomic mass is 10.1. The number of hydrogen-bond donors (Lipinski definition) is 2. The Labute approximate surface area is 172 Å². The Morgan fingerprint density at radius 3 is 2.17 bits per heavy atom. The molecule has 0 radical (unpaired) electrons. The topological polar surface area (TPSA) is 97.3 Å². The zero-order valence-corrected chi connectivity index (χ0v) is 16.7. The van der Waals surface area contributed by atoms with Crippen molar-refractivity contribution < 1.29 is 28.9 Å². The number of aromatic hydroxyl groups is 1. The first kappa shape index (κ1) is 20.2. The van der Waals surface area contributed by atoms with Crippen molar-refractivity contribution >= 4 is 40.9 Å². The van der Waals surface area contributed by atoms with E-state index in [9.17, 15) is 14.7 Å². The van der Waals surface area contributed by atoms with E-state index in [1.54, 1.807) is 24.3 Å². The molecule has 2 aromatic carbocycles. The number of carbonyl (C=O) groups excluding carboxylic acids is 2. The summed E-state index contributed by atoms with van der Waals surface area (Å²) in [5.41, 5.74) is 0.666. The molecule has 1 aliphatic rings. The van der Waals surface area contributed by atoms with Gasteiger partial charge in [-0.1, -0.05) is 12.1 Å². The number of para-hydroxylation sites is 2. The van der Waals surface area contributed by atoms with E-state index in [1.165, 1.54) is 44.4 Å². The third kappa shape index (κ3) is 3.72. The number of nitrogens with zero attached hydrogens (tertiary/aromatic N) is 1. The SMILES string of the molecule is COc1ccccc1N1C(=O)/C(=C/c2cc(OC)c(O)c(OC)c2)C(=O)NC1=S. The minimum atomic E-state index is -0.642. The smallest absolute Gasteiger partial charge is 0.270 e. The number of carbonyl (C=O) groups is 2. The van der Waals surface area contributed by atoms with Gasteiger partial charge in [0.15, 0.2) is 16.6 Å². The number of hydrogen-bond acceptors (Lipinski definition) is 7. The minimum absolute atomic E-state index is 0.0532. The number of benzene rings is 2. The largest absolute Gasteiger partial charge is 0.502 e. The van der Waals surface area contributed by atoms with Crippen LogP contribution in [0.1, 0.15) is 5.56 Å². The molecule has 1 saturated heterocycles. The molecule has 8 nitrogen and oxygen atoms in total. The Morgan fingerprint density at radius 1 is 1.00 bits per heavy atom. The van der Waals surface area contributed by atoms with Gasteiger partial charge in [0.1, 0.15) is 11.3 Å². The molecule has 0 atom stereocenters. The van der Waals surface area contributed by atoms with Crippen LogP contribution in [0.2, 0.25) is 0 Å². The van der Waals surface area contributed by atoms with Crippen LogP contribution in [0.25, 0.3) is 6.08 Å². The van der Waals surface area contributed by atoms with Crippen LogP contribution >= 0.6 is 12.2 Å². The Kier molecular flexibility index (Phi) is 5.69. The van der Waals surface area contributed by atoms with Crippen molar-refractivity contribution in [2.24, 2.45) is 0 Å². The minimum Gasteiger partial charge on any atom is -0.502 e. The second-order valence-corrected chi connectivity index (χ2v) is 6.29. The van der Waals surface area contributed by atoms with Crippen LogP contribution in [0.15, 0.2) is 42.0 Å². The van der Waals surface area contributed by atoms with Crippen molar-refractivity contribution in [3.63, 3.8) is 0 Å². The first-order valence-corrected chi connectivity index (χ1v) is 8.81. The number of phenols is 1. The van der Waals surface area contributed by atoms with E-state index in [0.717, 1.165) is 0 Å². The Morgan fingerprint density at radius 2 is 1.59 bits per heavy atom. The molecule has 2 N–H and O–H groups in total. The van der Waals surface area contributed by atoms with Gasteiger partial charge >= 0.3 is 0 Å². The molecular weight excluding hydrogens is 396 g/mol. The molecule has 1 heterocycles. The van der Waals surface area contributed by atoms with Gasteiger partial charge in [-0.25, -0.2) is 4.90 Å². The maximum atomic E-state index is 13.1. The third-order valence-corrected chi connectivity index (χ3v) is 4.53. The van der Waals surface area contributed by atoms with E-state index in [-0.39, 0.29) is 27.9 Å². The average Bonchev–Trinajstić information content (AvgIpc) is 2.72. The molecule has 2 amide bonds. The maximum absolute atomic E-state index is 13.1. The molecule has 9 heteroatoms. The highest BCUT2D eigenvalue weighted by molar-refractivity contribution is 7.80. The summed E-state index contributed by atoms with van der Waals surface area (Å²) in [5, 5.41) is 12.5. The summed E-state index contributed by atoms with van der Waals surface area (Å²) in [4.78, 5) is 26.8. The van der Waals surface area contributed by atoms with Gasteiger partial charge in [-0.05, 0) is 48.1 Å². The van der Waals surface area contributed by atoms with Gasteiger partial charge in [0, 0.05) is 0 Å². The van der Waals surface area contributed by atoms with Gasteiger partial charge in [-0.3, -0.25) is 14.9 Å². The summed E-state index contributed by atoms with van der Waals surface area (Å²) in [6, 6.07) is 9.77. The summed E-state index contributed by atoms with van der Waals surface area (Å²) >= 11 is 5.20. The molecule has 150 valence electrons. The number of phenolic OH excluding ortho intramolecular Hbond substituents is 1. The van der Waals surface area contributed by atoms with Crippen LogP contribution in [0.4, 0.5) is 5.69 Å². The summed E-state index contributed by atoms with van der Waals surface area (Å²) in [6.07, 6.45) is 1.37. The van der Waals surface area contributed by atoms with Gasteiger partial charge in [0.05, 0.1) is 27.0 Å². The number of thiocarbonyl (C=S) groups is 1. The number of ether oxygens (including phenoxy) is 3. The quantitative estimate of drug-likeness (QED) is 0.440. The molecule has 3 rings (SSSR count). The summed E-state index contributed by atoms with van der Waals surface area (Å²) in [6.45, 7) is 0. The number of nitrogens with one attached hydrogen (secondary N) is 1. The standard InChI is InChI=1S/C20H18N2O6S/c1-26-14-7-5-4-6-13(14)22-19(25)12(18(24)21-20(22)29)8-11-9-15(27-2)17(23)16(10-11)28-3/h4-10,23H,1-3H3,(H,21,24,29)/b12-8+. The number of methoxy groups -OCH3 is 3. The van der Waals surface area contributed by atoms with E-state index >= 15 is 0 Å². The third-order valence-electron chi connectivity index (χ3n) is 4.24. The number of anilines is 1. The van der Waals surface area contributed by atoms with Crippen LogP contribution in [0.3, 0.4) is 0 Å². The molecule has 0 bridgehead atoms. The van der Waals surface area contributed by atoms with Gasteiger partial charge in [0.2, 0.25) is 5.75 Å². The molecule has 0 aromatic heterocycles. The molecule has 29 heavy (non-hydrogen) atoms. The summed E-state index contributed by atoms with van der Waals surface area (Å²) < 4.78 is 15.5. The molecule has 0 aliphatic carbocycles. The Bertz CT molecular complexity index is 1010. The number of amides is 2. The fourth-order valence-corrected chi connectivity index (χ4v) is 3.13. The second-order valence-electron chi connectivity index (χ2n) is 5.90. The summed E-state index contributed by atoms with van der Waals surface area (Å²) in [5.74, 6) is -0.750. The fourth-order valence-electron chi connectivity index (χ4n) is 2.85. The van der Waals surface area contributed by atoms with Crippen molar-refractivity contribution in [3.8, 4) is 23.0 Å². The van der Waals surface area contributed by atoms with Gasteiger partial charge < -0.3 is 19.3 Å². The van der Waals surface area contributed by atoms with Gasteiger partial charge in [-0.2, -0.15) is 0 Å². The van der Waals surface area contributed by atoms with E-state index in [2.05, 4.69) is 5.32 Å². The van der Waals surface area contributed by atoms with Crippen molar-refractivity contribution in [2.45, 2.75) is 0 Å². The lowest BCUT2D eigenvalue weighted by Crippen LogP contribution is -2.54. The second kappa shape index (κ2) is 8.19. The van der Waals surface area contributed by atoms with Crippen LogP contribution < -0.4 is 24.4 Å². The van der Waals surface area contributed by atoms with Crippen LogP contribution in [-0.2, 0) is 9.59 Å². The normalized spacial score (nSPS) is 15.3. The zero-order valence-electron chi connectivity index (χ0n) is 15.9. The van der Waals surface area contributed by atoms with Crippen molar-refractivity contribution in [1.29, 1.82) is 0 Å². The first-order chi connectivity index (χ1) is 13.9. The van der Waals surface area contributed by atoms with Crippen molar-refractivity contribution in [3.05, 3.63) is 47.5 Å². The van der Waals surface area contributed by atoms with Crippen LogP contribution in [0.5, 0.6) is 23.0 Å². The van der Waals surface area contributed by atoms with E-state index in [0.29, 0.717) is 17.0 Å². The van der Waals surface area contributed by atoms with Crippen LogP contribution in [0, 0.1) is 0 Å². The van der Waals surface area contributed by atoms with Crippen LogP contribution in [-0.4, -0.2) is 43.4 Å². The fraction of sp³-hybridized carbons (Fsp3) is 0.150. The maximum Gasteiger partial charge on any atom is 0.270 e. The molecule has 1 aliphatic heterocycles.